The molecule has 1 aromatic carbocycles. The van der Waals surface area contributed by atoms with Crippen LogP contribution in [0.15, 0.2) is 6.07 Å². The highest BCUT2D eigenvalue weighted by Crippen LogP contribution is 2.42. The van der Waals surface area contributed by atoms with Gasteiger partial charge >= 0.3 is 17.3 Å². The van der Waals surface area contributed by atoms with Gasteiger partial charge in [0, 0.05) is 25.7 Å². The minimum atomic E-state index is -1.40. The third-order valence-electron chi connectivity index (χ3n) is 4.20. The Kier molecular flexibility index (Phi) is 7.95. The normalized spacial score (nSPS) is 10.6. The van der Waals surface area contributed by atoms with Crippen LogP contribution < -0.4 is 4.90 Å². The third kappa shape index (κ3) is 5.14. The van der Waals surface area contributed by atoms with Crippen LogP contribution in [0.3, 0.4) is 0 Å². The molecule has 0 aliphatic rings. The summed E-state index contributed by atoms with van der Waals surface area (Å²) >= 11 is 0. The van der Waals surface area contributed by atoms with E-state index in [9.17, 15) is 30.1 Å². The number of nitrogens with zero attached hydrogens (tertiary/aromatic N) is 3. The Hall–Kier alpha value is -2.71. The lowest BCUT2D eigenvalue weighted by molar-refractivity contribution is -0.393. The van der Waals surface area contributed by atoms with E-state index in [4.69, 9.17) is 0 Å². The Morgan fingerprint density at radius 2 is 1.65 bits per heavy atom. The summed E-state index contributed by atoms with van der Waals surface area (Å²) in [5.41, 5.74) is -1.57. The molecule has 0 fully saturated rings. The molecule has 1 N–H and O–H groups in total. The van der Waals surface area contributed by atoms with Crippen molar-refractivity contribution in [2.75, 3.05) is 19.0 Å². The maximum Gasteiger partial charge on any atom is 0.336 e. The summed E-state index contributed by atoms with van der Waals surface area (Å²) in [5.74, 6) is -1.40. The van der Waals surface area contributed by atoms with Gasteiger partial charge < -0.3 is 10.0 Å². The summed E-state index contributed by atoms with van der Waals surface area (Å²) in [6, 6.07) is 0.928. The van der Waals surface area contributed by atoms with Gasteiger partial charge in [-0.3, -0.25) is 20.2 Å². The summed E-state index contributed by atoms with van der Waals surface area (Å²) < 4.78 is 0. The Morgan fingerprint density at radius 1 is 1.08 bits per heavy atom. The Balaban J connectivity index is 3.36. The van der Waals surface area contributed by atoms with E-state index in [1.807, 2.05) is 0 Å². The van der Waals surface area contributed by atoms with Crippen molar-refractivity contribution in [3.8, 4) is 0 Å². The molecule has 0 aliphatic carbocycles. The summed E-state index contributed by atoms with van der Waals surface area (Å²) in [5, 5.41) is 32.4. The molecular formula is C17H25N3O6. The molecule has 9 heteroatoms. The average Bonchev–Trinajstić information content (AvgIpc) is 2.55. The quantitative estimate of drug-likeness (QED) is 0.353. The molecule has 144 valence electrons. The summed E-state index contributed by atoms with van der Waals surface area (Å²) in [4.78, 5) is 34.3. The Labute approximate surface area is 151 Å². The number of nitro benzene ring substituents is 2. The number of anilines is 1. The van der Waals surface area contributed by atoms with Crippen LogP contribution in [0.5, 0.6) is 0 Å². The van der Waals surface area contributed by atoms with Gasteiger partial charge in [0.15, 0.2) is 5.69 Å². The minimum Gasteiger partial charge on any atom is -0.478 e. The maximum absolute atomic E-state index is 11.6. The number of carbonyl (C=O) groups is 1. The van der Waals surface area contributed by atoms with Gasteiger partial charge in [0.2, 0.25) is 0 Å². The monoisotopic (exact) mass is 367 g/mol. The van der Waals surface area contributed by atoms with Crippen molar-refractivity contribution in [2.45, 2.75) is 51.9 Å². The summed E-state index contributed by atoms with van der Waals surface area (Å²) in [6.07, 6.45) is 5.86. The zero-order valence-electron chi connectivity index (χ0n) is 15.4. The van der Waals surface area contributed by atoms with E-state index < -0.39 is 27.2 Å². The zero-order chi connectivity index (χ0) is 19.9. The van der Waals surface area contributed by atoms with Crippen LogP contribution in [-0.4, -0.2) is 35.0 Å². The zero-order valence-corrected chi connectivity index (χ0v) is 15.4. The number of carboxylic acid groups (broad SMARTS) is 1. The predicted molar refractivity (Wildman–Crippen MR) is 98.1 cm³/mol. The van der Waals surface area contributed by atoms with Crippen LogP contribution >= 0.6 is 0 Å². The Morgan fingerprint density at radius 3 is 2.12 bits per heavy atom. The van der Waals surface area contributed by atoms with E-state index in [1.165, 1.54) is 19.0 Å². The fourth-order valence-corrected chi connectivity index (χ4v) is 2.99. The van der Waals surface area contributed by atoms with Gasteiger partial charge in [-0.2, -0.15) is 0 Å². The molecule has 0 saturated heterocycles. The van der Waals surface area contributed by atoms with Gasteiger partial charge in [0.25, 0.3) is 0 Å². The van der Waals surface area contributed by atoms with Gasteiger partial charge in [0.05, 0.1) is 15.4 Å². The lowest BCUT2D eigenvalue weighted by atomic mass is 9.96. The second kappa shape index (κ2) is 9.69. The molecule has 26 heavy (non-hydrogen) atoms. The highest BCUT2D eigenvalue weighted by Gasteiger charge is 2.34. The molecule has 0 heterocycles. The van der Waals surface area contributed by atoms with Crippen LogP contribution in [0, 0.1) is 20.2 Å². The van der Waals surface area contributed by atoms with Gasteiger partial charge in [0.1, 0.15) is 0 Å². The highest BCUT2D eigenvalue weighted by molar-refractivity contribution is 5.95. The maximum atomic E-state index is 11.6. The molecule has 1 aromatic rings. The first kappa shape index (κ1) is 21.3. The highest BCUT2D eigenvalue weighted by atomic mass is 16.6. The molecule has 0 bridgehead atoms. The van der Waals surface area contributed by atoms with Gasteiger partial charge in [-0.25, -0.2) is 4.79 Å². The van der Waals surface area contributed by atoms with Crippen molar-refractivity contribution in [3.63, 3.8) is 0 Å². The van der Waals surface area contributed by atoms with Crippen LogP contribution in [0.4, 0.5) is 17.1 Å². The first-order chi connectivity index (χ1) is 12.2. The number of unbranched alkanes of at least 4 members (excludes halogenated alkanes) is 5. The summed E-state index contributed by atoms with van der Waals surface area (Å²) in [6.45, 7) is 2.10. The van der Waals surface area contributed by atoms with Crippen molar-refractivity contribution < 1.29 is 19.7 Å². The molecule has 0 amide bonds. The van der Waals surface area contributed by atoms with Crippen LogP contribution in [-0.2, 0) is 6.42 Å². The number of hydrogen-bond donors (Lipinski definition) is 1. The van der Waals surface area contributed by atoms with Crippen LogP contribution in [0.2, 0.25) is 0 Å². The SMILES string of the molecule is CCCCCCCCc1c(C(=O)O)cc([N+](=O)[O-])c(N(C)C)c1[N+](=O)[O-]. The first-order valence-electron chi connectivity index (χ1n) is 8.61. The number of carboxylic acids is 1. The number of rotatable bonds is 11. The topological polar surface area (TPSA) is 127 Å². The van der Waals surface area contributed by atoms with E-state index in [1.54, 1.807) is 0 Å². The predicted octanol–water partition coefficient (Wildman–Crippen LogP) is 4.17. The van der Waals surface area contributed by atoms with E-state index in [0.717, 1.165) is 38.2 Å². The van der Waals surface area contributed by atoms with Crippen molar-refractivity contribution >= 4 is 23.0 Å². The molecule has 0 radical (unpaired) electrons. The molecule has 0 unspecified atom stereocenters. The lowest BCUT2D eigenvalue weighted by Crippen LogP contribution is -2.17. The van der Waals surface area contributed by atoms with Gasteiger partial charge in [-0.15, -0.1) is 0 Å². The average molecular weight is 367 g/mol. The van der Waals surface area contributed by atoms with E-state index >= 15 is 0 Å². The van der Waals surface area contributed by atoms with Crippen LogP contribution in [0.25, 0.3) is 0 Å². The first-order valence-corrected chi connectivity index (χ1v) is 8.61. The van der Waals surface area contributed by atoms with Gasteiger partial charge in [-0.05, 0) is 12.8 Å². The van der Waals surface area contributed by atoms with Crippen LogP contribution in [0.1, 0.15) is 61.4 Å². The van der Waals surface area contributed by atoms with Gasteiger partial charge in [-0.1, -0.05) is 39.0 Å². The molecular weight excluding hydrogens is 342 g/mol. The largest absolute Gasteiger partial charge is 0.478 e. The van der Waals surface area contributed by atoms with Crippen molar-refractivity contribution in [2.24, 2.45) is 0 Å². The Bertz CT molecular complexity index is 688. The molecule has 9 nitrogen and oxygen atoms in total. The molecule has 0 atom stereocenters. The standard InChI is InChI=1S/C17H25N3O6/c1-4-5-6-7-8-9-10-12-13(17(21)22)11-14(19(23)24)16(18(2)3)15(12)20(25)26/h11H,4-10H2,1-3H3,(H,21,22). The molecule has 0 spiro atoms. The number of benzene rings is 1. The molecule has 0 aliphatic heterocycles. The summed E-state index contributed by atoms with van der Waals surface area (Å²) in [7, 11) is 2.93. The van der Waals surface area contributed by atoms with Crippen molar-refractivity contribution in [3.05, 3.63) is 37.4 Å². The van der Waals surface area contributed by atoms with E-state index in [0.29, 0.717) is 6.42 Å². The second-order valence-corrected chi connectivity index (χ2v) is 6.35. The fourth-order valence-electron chi connectivity index (χ4n) is 2.99. The van der Waals surface area contributed by atoms with Crippen molar-refractivity contribution in [1.82, 2.24) is 0 Å². The minimum absolute atomic E-state index is 0.0484. The number of nitro groups is 2. The number of hydrogen-bond acceptors (Lipinski definition) is 6. The van der Waals surface area contributed by atoms with E-state index in [2.05, 4.69) is 6.92 Å². The van der Waals surface area contributed by atoms with Crippen molar-refractivity contribution in [1.29, 1.82) is 0 Å². The molecule has 1 rings (SSSR count). The molecule has 0 aromatic heterocycles. The second-order valence-electron chi connectivity index (χ2n) is 6.35. The number of aromatic carboxylic acids is 1. The fraction of sp³-hybridized carbons (Fsp3) is 0.588. The van der Waals surface area contributed by atoms with E-state index in [-0.39, 0.29) is 23.2 Å². The smallest absolute Gasteiger partial charge is 0.336 e. The lowest BCUT2D eigenvalue weighted by Gasteiger charge is -2.17. The molecule has 0 saturated carbocycles. The third-order valence-corrected chi connectivity index (χ3v) is 4.20.